The van der Waals surface area contributed by atoms with Crippen molar-refractivity contribution in [2.75, 3.05) is 14.7 Å². The summed E-state index contributed by atoms with van der Waals surface area (Å²) in [7, 11) is 0. The van der Waals surface area contributed by atoms with Crippen LogP contribution in [0.15, 0.2) is 127 Å². The summed E-state index contributed by atoms with van der Waals surface area (Å²) in [5.41, 5.74) is 20.7. The third-order valence-electron chi connectivity index (χ3n) is 16.8. The van der Waals surface area contributed by atoms with E-state index in [2.05, 4.69) is 191 Å². The van der Waals surface area contributed by atoms with Crippen LogP contribution in [0.4, 0.5) is 39.8 Å². The summed E-state index contributed by atoms with van der Waals surface area (Å²) in [6.07, 6.45) is 7.15. The van der Waals surface area contributed by atoms with Crippen LogP contribution in [-0.4, -0.2) is 12.3 Å². The number of hydrogen-bond acceptors (Lipinski definition) is 3. The second-order valence-corrected chi connectivity index (χ2v) is 20.3. The van der Waals surface area contributed by atoms with Crippen LogP contribution in [0.5, 0.6) is 0 Å². The van der Waals surface area contributed by atoms with Gasteiger partial charge in [-0.2, -0.15) is 0 Å². The molecular formula is C54H54BN3. The zero-order chi connectivity index (χ0) is 39.6. The van der Waals surface area contributed by atoms with E-state index in [4.69, 9.17) is 0 Å². The Balaban J connectivity index is 1.23. The van der Waals surface area contributed by atoms with E-state index in [1.165, 1.54) is 104 Å². The predicted molar refractivity (Wildman–Crippen MR) is 245 cm³/mol. The molecule has 3 nitrogen and oxygen atoms in total. The van der Waals surface area contributed by atoms with E-state index in [9.17, 15) is 0 Å². The number of nitrogens with zero attached hydrogens (tertiary/aromatic N) is 3. The van der Waals surface area contributed by atoms with Crippen molar-refractivity contribution >= 4 is 62.9 Å². The first-order chi connectivity index (χ1) is 27.9. The van der Waals surface area contributed by atoms with E-state index in [1.807, 2.05) is 0 Å². The molecule has 1 saturated carbocycles. The second-order valence-electron chi connectivity index (χ2n) is 20.3. The summed E-state index contributed by atoms with van der Waals surface area (Å²) in [5, 5.41) is 0. The van der Waals surface area contributed by atoms with Gasteiger partial charge < -0.3 is 14.7 Å². The number of aryl methyl sites for hydroxylation is 1. The molecule has 6 aliphatic rings. The Labute approximate surface area is 345 Å². The lowest BCUT2D eigenvalue weighted by Gasteiger charge is -2.54. The first-order valence-electron chi connectivity index (χ1n) is 22.0. The van der Waals surface area contributed by atoms with E-state index in [0.717, 1.165) is 12.8 Å². The lowest BCUT2D eigenvalue weighted by Crippen LogP contribution is -2.64. The molecule has 0 aromatic heterocycles. The van der Waals surface area contributed by atoms with Crippen LogP contribution in [0.3, 0.4) is 0 Å². The Morgan fingerprint density at radius 2 is 1.21 bits per heavy atom. The fraction of sp³-hybridized carbons (Fsp3) is 0.333. The maximum Gasteiger partial charge on any atom is 0.252 e. The minimum atomic E-state index is -0.288. The van der Waals surface area contributed by atoms with E-state index in [1.54, 1.807) is 5.56 Å². The van der Waals surface area contributed by atoms with Gasteiger partial charge in [-0.1, -0.05) is 138 Å². The molecule has 0 N–H and O–H groups in total. The lowest BCUT2D eigenvalue weighted by molar-refractivity contribution is 0.195. The van der Waals surface area contributed by atoms with E-state index in [-0.39, 0.29) is 34.0 Å². The van der Waals surface area contributed by atoms with Crippen LogP contribution < -0.4 is 31.1 Å². The average Bonchev–Trinajstić information content (AvgIpc) is 3.58. The smallest absolute Gasteiger partial charge is 0.252 e. The van der Waals surface area contributed by atoms with E-state index >= 15 is 0 Å². The van der Waals surface area contributed by atoms with Gasteiger partial charge >= 0.3 is 0 Å². The first kappa shape index (κ1) is 34.8. The molecule has 4 heterocycles. The third kappa shape index (κ3) is 4.03. The fourth-order valence-corrected chi connectivity index (χ4v) is 13.4. The summed E-state index contributed by atoms with van der Waals surface area (Å²) in [4.78, 5) is 8.30. The van der Waals surface area contributed by atoms with Crippen molar-refractivity contribution in [2.24, 2.45) is 0 Å². The molecule has 0 spiro atoms. The van der Waals surface area contributed by atoms with Crippen molar-refractivity contribution in [2.45, 2.75) is 114 Å². The van der Waals surface area contributed by atoms with Gasteiger partial charge in [-0.05, 0) is 126 Å². The number of para-hydroxylation sites is 3. The maximum absolute atomic E-state index is 2.91. The van der Waals surface area contributed by atoms with Crippen LogP contribution in [-0.2, 0) is 28.2 Å². The van der Waals surface area contributed by atoms with Crippen molar-refractivity contribution in [3.63, 3.8) is 0 Å². The predicted octanol–water partition coefficient (Wildman–Crippen LogP) is 11.6. The summed E-state index contributed by atoms with van der Waals surface area (Å²) in [5.74, 6) is 0. The zero-order valence-corrected chi connectivity index (χ0v) is 35.3. The highest BCUT2D eigenvalue weighted by Gasteiger charge is 2.63. The highest BCUT2D eigenvalue weighted by molar-refractivity contribution is 7.00. The van der Waals surface area contributed by atoms with E-state index < -0.39 is 0 Å². The molecule has 6 aromatic carbocycles. The van der Waals surface area contributed by atoms with Gasteiger partial charge in [0.05, 0.1) is 11.1 Å². The van der Waals surface area contributed by atoms with E-state index in [0.29, 0.717) is 0 Å². The van der Waals surface area contributed by atoms with Crippen LogP contribution in [0.2, 0.25) is 0 Å². The number of anilines is 7. The monoisotopic (exact) mass is 755 g/mol. The summed E-state index contributed by atoms with van der Waals surface area (Å²) in [6, 6.07) is 49.7. The molecule has 4 unspecified atom stereocenters. The van der Waals surface area contributed by atoms with Gasteiger partial charge in [0.15, 0.2) is 0 Å². The largest absolute Gasteiger partial charge is 0.335 e. The number of hydrogen-bond donors (Lipinski definition) is 0. The van der Waals surface area contributed by atoms with Gasteiger partial charge in [-0.3, -0.25) is 0 Å². The van der Waals surface area contributed by atoms with Gasteiger partial charge in [0.25, 0.3) is 6.71 Å². The van der Waals surface area contributed by atoms with Crippen LogP contribution in [0.1, 0.15) is 108 Å². The van der Waals surface area contributed by atoms with Crippen molar-refractivity contribution in [3.8, 4) is 0 Å². The highest BCUT2D eigenvalue weighted by Crippen LogP contribution is 2.66. The van der Waals surface area contributed by atoms with Crippen molar-refractivity contribution in [1.82, 2.24) is 0 Å². The molecule has 288 valence electrons. The maximum atomic E-state index is 2.91. The molecule has 12 rings (SSSR count). The Kier molecular flexibility index (Phi) is 6.77. The van der Waals surface area contributed by atoms with Crippen LogP contribution in [0.25, 0.3) is 0 Å². The van der Waals surface area contributed by atoms with Crippen LogP contribution >= 0.6 is 0 Å². The summed E-state index contributed by atoms with van der Waals surface area (Å²) >= 11 is 0. The normalized spacial score (nSPS) is 26.9. The Morgan fingerprint density at radius 1 is 0.534 bits per heavy atom. The topological polar surface area (TPSA) is 9.72 Å². The number of benzene rings is 6. The SMILES string of the molecule is CC(C)(C)c1cc2c3c(c1)C1(C)CCCCC1(C)N3c1cc(N3c4ccccc4C4(C)CCc5ccccc5C34C)cc3c1B2c1ccccc1N3c1ccccc1. The Bertz CT molecular complexity index is 2730. The molecule has 0 radical (unpaired) electrons. The summed E-state index contributed by atoms with van der Waals surface area (Å²) < 4.78 is 0. The highest BCUT2D eigenvalue weighted by atomic mass is 15.3. The minimum absolute atomic E-state index is 0.0265. The fourth-order valence-electron chi connectivity index (χ4n) is 13.4. The molecule has 58 heavy (non-hydrogen) atoms. The lowest BCUT2D eigenvalue weighted by atomic mass is 9.33. The van der Waals surface area contributed by atoms with Crippen molar-refractivity contribution < 1.29 is 0 Å². The third-order valence-corrected chi connectivity index (χ3v) is 16.8. The van der Waals surface area contributed by atoms with Crippen LogP contribution in [0, 0.1) is 0 Å². The molecule has 1 fully saturated rings. The van der Waals surface area contributed by atoms with Crippen molar-refractivity contribution in [1.29, 1.82) is 0 Å². The first-order valence-corrected chi connectivity index (χ1v) is 22.0. The molecule has 0 bridgehead atoms. The molecule has 0 saturated heterocycles. The second kappa shape index (κ2) is 11.3. The molecule has 4 aliphatic heterocycles. The standard InChI is InChI=1S/C54H54BN3/c1-50(2,3)36-31-41-49-43(32-36)55-42-24-14-16-26-45(42)56(37-20-9-8-10-21-37)46-33-38(34-47(48(46)55)58(49)53(6)29-18-17-28-51(41,53)4)57-44-25-15-13-23-40(44)52(5)30-27-35-19-11-12-22-39(35)54(52,57)7/h8-16,19-26,31-34H,17-18,27-30H2,1-7H3. The van der Waals surface area contributed by atoms with Gasteiger partial charge in [-0.15, -0.1) is 0 Å². The average molecular weight is 756 g/mol. The van der Waals surface area contributed by atoms with Gasteiger partial charge in [0.2, 0.25) is 0 Å². The van der Waals surface area contributed by atoms with Gasteiger partial charge in [0.1, 0.15) is 0 Å². The zero-order valence-electron chi connectivity index (χ0n) is 35.3. The Morgan fingerprint density at radius 3 is 2.00 bits per heavy atom. The molecule has 4 atom stereocenters. The molecular weight excluding hydrogens is 701 g/mol. The molecule has 4 heteroatoms. The number of fused-ring (bicyclic) bond motifs is 12. The molecule has 0 amide bonds. The molecule has 2 aliphatic carbocycles. The number of rotatable bonds is 2. The minimum Gasteiger partial charge on any atom is -0.335 e. The summed E-state index contributed by atoms with van der Waals surface area (Å²) in [6.45, 7) is 17.7. The Hall–Kier alpha value is -5.22. The van der Waals surface area contributed by atoms with Gasteiger partial charge in [0, 0.05) is 50.6 Å². The quantitative estimate of drug-likeness (QED) is 0.163. The van der Waals surface area contributed by atoms with Gasteiger partial charge in [-0.25, -0.2) is 0 Å². The van der Waals surface area contributed by atoms with Crippen molar-refractivity contribution in [3.05, 3.63) is 155 Å². The molecule has 6 aromatic rings.